The number of halogens is 1. The molecule has 1 heterocycles. The molecule has 1 saturated heterocycles. The maximum Gasteiger partial charge on any atom is 0.0522 e. The first kappa shape index (κ1) is 6.33. The van der Waals surface area contributed by atoms with Crippen LogP contribution >= 0.6 is 11.6 Å². The van der Waals surface area contributed by atoms with Crippen LogP contribution in [0.2, 0.25) is 0 Å². The highest BCUT2D eigenvalue weighted by Crippen LogP contribution is 2.13. The molecule has 2 unspecified atom stereocenters. The van der Waals surface area contributed by atoms with Gasteiger partial charge < -0.3 is 10.4 Å². The molecule has 0 aliphatic carbocycles. The SMILES string of the molecule is OCC1CNCC1Cl. The van der Waals surface area contributed by atoms with Crippen LogP contribution in [0.25, 0.3) is 0 Å². The molecule has 0 aromatic rings. The first-order chi connectivity index (χ1) is 3.84. The van der Waals surface area contributed by atoms with E-state index in [0.29, 0.717) is 0 Å². The molecule has 0 aromatic carbocycles. The van der Waals surface area contributed by atoms with E-state index in [9.17, 15) is 0 Å². The summed E-state index contributed by atoms with van der Waals surface area (Å²) in [5, 5.41) is 11.8. The van der Waals surface area contributed by atoms with E-state index in [1.807, 2.05) is 0 Å². The molecule has 3 heteroatoms. The second kappa shape index (κ2) is 2.67. The minimum atomic E-state index is 0.139. The van der Waals surface area contributed by atoms with Crippen LogP contribution in [-0.4, -0.2) is 30.2 Å². The van der Waals surface area contributed by atoms with Gasteiger partial charge in [0.15, 0.2) is 0 Å². The summed E-state index contributed by atoms with van der Waals surface area (Å²) in [6, 6.07) is 0. The van der Waals surface area contributed by atoms with Crippen molar-refractivity contribution in [2.75, 3.05) is 19.7 Å². The van der Waals surface area contributed by atoms with E-state index >= 15 is 0 Å². The van der Waals surface area contributed by atoms with Gasteiger partial charge in [-0.3, -0.25) is 0 Å². The van der Waals surface area contributed by atoms with Crippen LogP contribution in [0.3, 0.4) is 0 Å². The highest BCUT2D eigenvalue weighted by molar-refractivity contribution is 6.21. The first-order valence-electron chi connectivity index (χ1n) is 2.80. The van der Waals surface area contributed by atoms with E-state index in [1.165, 1.54) is 0 Å². The van der Waals surface area contributed by atoms with Gasteiger partial charge in [0.1, 0.15) is 0 Å². The van der Waals surface area contributed by atoms with Crippen LogP contribution in [0, 0.1) is 5.92 Å². The zero-order valence-corrected chi connectivity index (χ0v) is 5.36. The normalized spacial score (nSPS) is 38.2. The molecule has 2 nitrogen and oxygen atoms in total. The van der Waals surface area contributed by atoms with Crippen molar-refractivity contribution in [2.45, 2.75) is 5.38 Å². The largest absolute Gasteiger partial charge is 0.396 e. The molecule has 0 saturated carbocycles. The molecule has 1 aliphatic heterocycles. The number of nitrogens with one attached hydrogen (secondary N) is 1. The molecule has 1 fully saturated rings. The van der Waals surface area contributed by atoms with Gasteiger partial charge in [0.05, 0.1) is 5.38 Å². The van der Waals surface area contributed by atoms with Crippen molar-refractivity contribution in [2.24, 2.45) is 5.92 Å². The van der Waals surface area contributed by atoms with Crippen molar-refractivity contribution in [3.8, 4) is 0 Å². The Labute approximate surface area is 53.8 Å². The van der Waals surface area contributed by atoms with Crippen molar-refractivity contribution in [3.05, 3.63) is 0 Å². The van der Waals surface area contributed by atoms with E-state index in [4.69, 9.17) is 16.7 Å². The van der Waals surface area contributed by atoms with Gasteiger partial charge in [0.25, 0.3) is 0 Å². The Bertz CT molecular complexity index is 78.8. The number of rotatable bonds is 1. The lowest BCUT2D eigenvalue weighted by atomic mass is 10.1. The molecule has 2 atom stereocenters. The summed E-state index contributed by atoms with van der Waals surface area (Å²) in [5.41, 5.74) is 0. The smallest absolute Gasteiger partial charge is 0.0522 e. The monoisotopic (exact) mass is 135 g/mol. The zero-order chi connectivity index (χ0) is 5.98. The summed E-state index contributed by atoms with van der Waals surface area (Å²) in [4.78, 5) is 0. The Morgan fingerprint density at radius 1 is 1.62 bits per heavy atom. The van der Waals surface area contributed by atoms with Gasteiger partial charge in [-0.25, -0.2) is 0 Å². The van der Waals surface area contributed by atoms with Crippen LogP contribution in [-0.2, 0) is 0 Å². The van der Waals surface area contributed by atoms with E-state index in [1.54, 1.807) is 0 Å². The number of aliphatic hydroxyl groups is 1. The molecular weight excluding hydrogens is 126 g/mol. The average molecular weight is 136 g/mol. The Morgan fingerprint density at radius 3 is 2.62 bits per heavy atom. The summed E-state index contributed by atoms with van der Waals surface area (Å²) < 4.78 is 0. The molecule has 0 amide bonds. The second-order valence-electron chi connectivity index (χ2n) is 2.12. The van der Waals surface area contributed by atoms with Crippen LogP contribution in [0.15, 0.2) is 0 Å². The lowest BCUT2D eigenvalue weighted by Gasteiger charge is -2.05. The predicted molar refractivity (Wildman–Crippen MR) is 33.1 cm³/mol. The number of alkyl halides is 1. The molecule has 0 bridgehead atoms. The highest BCUT2D eigenvalue weighted by atomic mass is 35.5. The Balaban J connectivity index is 2.30. The van der Waals surface area contributed by atoms with Crippen LogP contribution in [0.5, 0.6) is 0 Å². The van der Waals surface area contributed by atoms with E-state index in [0.717, 1.165) is 13.1 Å². The molecule has 0 radical (unpaired) electrons. The fraction of sp³-hybridized carbons (Fsp3) is 1.00. The Morgan fingerprint density at radius 2 is 2.38 bits per heavy atom. The van der Waals surface area contributed by atoms with E-state index in [2.05, 4.69) is 5.32 Å². The minimum absolute atomic E-state index is 0.139. The molecular formula is C5H10ClNO. The highest BCUT2D eigenvalue weighted by Gasteiger charge is 2.23. The lowest BCUT2D eigenvalue weighted by Crippen LogP contribution is -2.15. The maximum atomic E-state index is 8.61. The quantitative estimate of drug-likeness (QED) is 0.489. The number of hydrogen-bond donors (Lipinski definition) is 2. The van der Waals surface area contributed by atoms with Crippen molar-refractivity contribution in [1.82, 2.24) is 5.32 Å². The van der Waals surface area contributed by atoms with E-state index < -0.39 is 0 Å². The standard InChI is InChI=1S/C5H10ClNO/c6-5-2-7-1-4(5)3-8/h4-5,7-8H,1-3H2. The molecule has 8 heavy (non-hydrogen) atoms. The fourth-order valence-electron chi connectivity index (χ4n) is 0.880. The fourth-order valence-corrected chi connectivity index (χ4v) is 1.16. The molecule has 48 valence electrons. The third-order valence-corrected chi connectivity index (χ3v) is 2.00. The van der Waals surface area contributed by atoms with Gasteiger partial charge in [-0.2, -0.15) is 0 Å². The maximum absolute atomic E-state index is 8.61. The third-order valence-electron chi connectivity index (χ3n) is 1.49. The minimum Gasteiger partial charge on any atom is -0.396 e. The molecule has 0 aromatic heterocycles. The van der Waals surface area contributed by atoms with Gasteiger partial charge in [-0.1, -0.05) is 0 Å². The van der Waals surface area contributed by atoms with Crippen LogP contribution in [0.4, 0.5) is 0 Å². The van der Waals surface area contributed by atoms with Crippen molar-refractivity contribution < 1.29 is 5.11 Å². The van der Waals surface area contributed by atoms with Crippen LogP contribution in [0.1, 0.15) is 0 Å². The van der Waals surface area contributed by atoms with Gasteiger partial charge in [0.2, 0.25) is 0 Å². The van der Waals surface area contributed by atoms with E-state index in [-0.39, 0.29) is 17.9 Å². The summed E-state index contributed by atoms with van der Waals surface area (Å²) in [6.07, 6.45) is 0. The molecule has 2 N–H and O–H groups in total. The van der Waals surface area contributed by atoms with Gasteiger partial charge >= 0.3 is 0 Å². The summed E-state index contributed by atoms with van der Waals surface area (Å²) in [5.74, 6) is 0.275. The first-order valence-corrected chi connectivity index (χ1v) is 3.24. The predicted octanol–water partition coefficient (Wildman–Crippen LogP) is -0.195. The van der Waals surface area contributed by atoms with Gasteiger partial charge in [0, 0.05) is 25.6 Å². The van der Waals surface area contributed by atoms with Crippen molar-refractivity contribution >= 4 is 11.6 Å². The Hall–Kier alpha value is 0.210. The summed E-state index contributed by atoms with van der Waals surface area (Å²) >= 11 is 5.76. The topological polar surface area (TPSA) is 32.3 Å². The second-order valence-corrected chi connectivity index (χ2v) is 2.68. The summed E-state index contributed by atoms with van der Waals surface area (Å²) in [7, 11) is 0. The van der Waals surface area contributed by atoms with Crippen molar-refractivity contribution in [1.29, 1.82) is 0 Å². The van der Waals surface area contributed by atoms with Crippen molar-refractivity contribution in [3.63, 3.8) is 0 Å². The molecule has 0 spiro atoms. The number of hydrogen-bond acceptors (Lipinski definition) is 2. The Kier molecular flexibility index (Phi) is 2.11. The van der Waals surface area contributed by atoms with Gasteiger partial charge in [-0.05, 0) is 0 Å². The lowest BCUT2D eigenvalue weighted by molar-refractivity contribution is 0.239. The third kappa shape index (κ3) is 1.13. The van der Waals surface area contributed by atoms with Gasteiger partial charge in [-0.15, -0.1) is 11.6 Å². The molecule has 1 rings (SSSR count). The van der Waals surface area contributed by atoms with Crippen LogP contribution < -0.4 is 5.32 Å². The number of aliphatic hydroxyl groups excluding tert-OH is 1. The average Bonchev–Trinajstić information content (AvgIpc) is 2.14. The molecule has 1 aliphatic rings. The zero-order valence-electron chi connectivity index (χ0n) is 4.60. The summed E-state index contributed by atoms with van der Waals surface area (Å²) in [6.45, 7) is 1.92.